The molecule has 0 aromatic heterocycles. The third-order valence-corrected chi connectivity index (χ3v) is 6.46. The average Bonchev–Trinajstić information content (AvgIpc) is 2.44. The van der Waals surface area contributed by atoms with E-state index in [1.54, 1.807) is 6.08 Å². The van der Waals surface area contributed by atoms with Crippen LogP contribution in [0, 0.1) is 22.7 Å². The SMILES string of the molecule is CC1=CC[C@@H]2C(C)(C)[C@H](O)C(=O)C[C@@]2(C)[C@@H]1CC/C(C)=C/C=O. The number of Topliss-reactive ketones (excluding diaryl/α,β-unsaturated/α-hetero) is 1. The predicted octanol–water partition coefficient (Wildman–Crippen LogP) is 3.86. The molecule has 128 valence electrons. The molecule has 2 aliphatic carbocycles. The quantitative estimate of drug-likeness (QED) is 0.486. The molecule has 0 aromatic rings. The molecular weight excluding hydrogens is 288 g/mol. The summed E-state index contributed by atoms with van der Waals surface area (Å²) >= 11 is 0. The Morgan fingerprint density at radius 1 is 1.39 bits per heavy atom. The minimum absolute atomic E-state index is 0.0198. The van der Waals surface area contributed by atoms with Gasteiger partial charge in [-0.25, -0.2) is 0 Å². The molecule has 0 heterocycles. The molecule has 3 heteroatoms. The molecule has 1 saturated carbocycles. The van der Waals surface area contributed by atoms with Crippen LogP contribution in [0.3, 0.4) is 0 Å². The molecule has 23 heavy (non-hydrogen) atoms. The van der Waals surface area contributed by atoms with Crippen LogP contribution in [0.2, 0.25) is 0 Å². The average molecular weight is 318 g/mol. The molecular formula is C20H30O3. The molecule has 0 radical (unpaired) electrons. The van der Waals surface area contributed by atoms with E-state index < -0.39 is 11.5 Å². The highest BCUT2D eigenvalue weighted by molar-refractivity contribution is 5.85. The lowest BCUT2D eigenvalue weighted by molar-refractivity contribution is -0.159. The topological polar surface area (TPSA) is 54.4 Å². The van der Waals surface area contributed by atoms with Gasteiger partial charge in [0.1, 0.15) is 12.4 Å². The van der Waals surface area contributed by atoms with Crippen molar-refractivity contribution in [3.63, 3.8) is 0 Å². The molecule has 3 nitrogen and oxygen atoms in total. The van der Waals surface area contributed by atoms with E-state index in [0.29, 0.717) is 18.3 Å². The van der Waals surface area contributed by atoms with Crippen molar-refractivity contribution in [3.05, 3.63) is 23.3 Å². The number of aldehydes is 1. The Kier molecular flexibility index (Phi) is 5.00. The summed E-state index contributed by atoms with van der Waals surface area (Å²) in [6, 6.07) is 0. The first kappa shape index (κ1) is 18.1. The van der Waals surface area contributed by atoms with E-state index in [2.05, 4.69) is 19.9 Å². The predicted molar refractivity (Wildman–Crippen MR) is 91.9 cm³/mol. The van der Waals surface area contributed by atoms with E-state index in [0.717, 1.165) is 31.1 Å². The summed E-state index contributed by atoms with van der Waals surface area (Å²) in [5, 5.41) is 10.4. The Morgan fingerprint density at radius 2 is 2.04 bits per heavy atom. The number of aliphatic hydroxyl groups is 1. The van der Waals surface area contributed by atoms with Crippen molar-refractivity contribution < 1.29 is 14.7 Å². The molecule has 0 saturated heterocycles. The van der Waals surface area contributed by atoms with Gasteiger partial charge in [-0.3, -0.25) is 9.59 Å². The highest BCUT2D eigenvalue weighted by atomic mass is 16.3. The fraction of sp³-hybridized carbons (Fsp3) is 0.700. The largest absolute Gasteiger partial charge is 0.385 e. The Labute approximate surface area is 139 Å². The summed E-state index contributed by atoms with van der Waals surface area (Å²) in [5.74, 6) is 0.604. The van der Waals surface area contributed by atoms with Crippen LogP contribution < -0.4 is 0 Å². The highest BCUT2D eigenvalue weighted by Gasteiger charge is 2.57. The highest BCUT2D eigenvalue weighted by Crippen LogP contribution is 2.59. The first-order chi connectivity index (χ1) is 10.6. The van der Waals surface area contributed by atoms with Crippen LogP contribution in [0.1, 0.15) is 60.3 Å². The van der Waals surface area contributed by atoms with Gasteiger partial charge in [0, 0.05) is 11.8 Å². The third kappa shape index (κ3) is 3.08. The fourth-order valence-electron chi connectivity index (χ4n) is 5.08. The molecule has 0 aromatic carbocycles. The maximum Gasteiger partial charge on any atom is 0.162 e. The minimum atomic E-state index is -0.857. The lowest BCUT2D eigenvalue weighted by Gasteiger charge is -2.57. The van der Waals surface area contributed by atoms with Crippen LogP contribution in [0.15, 0.2) is 23.3 Å². The normalized spacial score (nSPS) is 37.1. The lowest BCUT2D eigenvalue weighted by atomic mass is 9.47. The molecule has 1 fully saturated rings. The number of rotatable bonds is 4. The van der Waals surface area contributed by atoms with Gasteiger partial charge in [-0.2, -0.15) is 0 Å². The van der Waals surface area contributed by atoms with E-state index in [4.69, 9.17) is 0 Å². The summed E-state index contributed by atoms with van der Waals surface area (Å²) in [5.41, 5.74) is 1.93. The van der Waals surface area contributed by atoms with Crippen molar-refractivity contribution in [1.82, 2.24) is 0 Å². The number of hydrogen-bond acceptors (Lipinski definition) is 3. The maximum absolute atomic E-state index is 12.4. The molecule has 0 bridgehead atoms. The zero-order chi connectivity index (χ0) is 17.4. The molecule has 2 aliphatic rings. The molecule has 0 amide bonds. The van der Waals surface area contributed by atoms with Gasteiger partial charge in [-0.15, -0.1) is 0 Å². The lowest BCUT2D eigenvalue weighted by Crippen LogP contribution is -2.58. The number of fused-ring (bicyclic) bond motifs is 1. The van der Waals surface area contributed by atoms with Gasteiger partial charge in [0.25, 0.3) is 0 Å². The molecule has 0 spiro atoms. The van der Waals surface area contributed by atoms with E-state index in [9.17, 15) is 14.7 Å². The number of aliphatic hydroxyl groups excluding tert-OH is 1. The van der Waals surface area contributed by atoms with Crippen LogP contribution in [0.25, 0.3) is 0 Å². The second-order valence-corrected chi connectivity index (χ2v) is 8.35. The monoisotopic (exact) mass is 318 g/mol. The number of hydrogen-bond donors (Lipinski definition) is 1. The zero-order valence-electron chi connectivity index (χ0n) is 15.1. The van der Waals surface area contributed by atoms with Gasteiger partial charge in [0.05, 0.1) is 0 Å². The van der Waals surface area contributed by atoms with E-state index in [-0.39, 0.29) is 11.2 Å². The summed E-state index contributed by atoms with van der Waals surface area (Å²) in [4.78, 5) is 23.1. The van der Waals surface area contributed by atoms with Gasteiger partial charge in [0.2, 0.25) is 0 Å². The van der Waals surface area contributed by atoms with Crippen LogP contribution >= 0.6 is 0 Å². The molecule has 2 rings (SSSR count). The Hall–Kier alpha value is -1.22. The van der Waals surface area contributed by atoms with Crippen molar-refractivity contribution in [2.75, 3.05) is 0 Å². The van der Waals surface area contributed by atoms with Crippen molar-refractivity contribution in [3.8, 4) is 0 Å². The van der Waals surface area contributed by atoms with E-state index in [1.165, 1.54) is 5.57 Å². The van der Waals surface area contributed by atoms with Crippen molar-refractivity contribution in [2.24, 2.45) is 22.7 Å². The Balaban J connectivity index is 2.33. The number of carbonyl (C=O) groups excluding carboxylic acids is 2. The van der Waals surface area contributed by atoms with Crippen LogP contribution in [0.5, 0.6) is 0 Å². The van der Waals surface area contributed by atoms with Crippen LogP contribution in [0.4, 0.5) is 0 Å². The zero-order valence-corrected chi connectivity index (χ0v) is 15.1. The molecule has 4 atom stereocenters. The minimum Gasteiger partial charge on any atom is -0.385 e. The first-order valence-corrected chi connectivity index (χ1v) is 8.63. The van der Waals surface area contributed by atoms with E-state index in [1.807, 2.05) is 20.8 Å². The second kappa shape index (κ2) is 6.35. The summed E-state index contributed by atoms with van der Waals surface area (Å²) in [7, 11) is 0. The standard InChI is InChI=1S/C20H30O3/c1-13(10-11-21)6-8-15-14(2)7-9-17-19(3,4)18(23)16(22)12-20(15,17)5/h7,10-11,15,17-18,23H,6,8-9,12H2,1-5H3/b13-10+/t15-,17-,18-,20+/m1/s1. The van der Waals surface area contributed by atoms with E-state index >= 15 is 0 Å². The third-order valence-electron chi connectivity index (χ3n) is 6.46. The number of ketones is 1. The van der Waals surface area contributed by atoms with Crippen molar-refractivity contribution in [2.45, 2.75) is 66.4 Å². The molecule has 0 unspecified atom stereocenters. The Morgan fingerprint density at radius 3 is 2.65 bits per heavy atom. The fourth-order valence-corrected chi connectivity index (χ4v) is 5.08. The number of carbonyl (C=O) groups is 2. The van der Waals surface area contributed by atoms with Gasteiger partial charge in [-0.1, -0.05) is 38.0 Å². The second-order valence-electron chi connectivity index (χ2n) is 8.35. The summed E-state index contributed by atoms with van der Waals surface area (Å²) in [6.45, 7) is 10.4. The summed E-state index contributed by atoms with van der Waals surface area (Å²) in [6.07, 6.45) is 7.10. The Bertz CT molecular complexity index is 555. The van der Waals surface area contributed by atoms with Crippen LogP contribution in [-0.4, -0.2) is 23.3 Å². The van der Waals surface area contributed by atoms with Crippen molar-refractivity contribution >= 4 is 12.1 Å². The maximum atomic E-state index is 12.4. The molecule has 1 N–H and O–H groups in total. The number of allylic oxidation sites excluding steroid dienone is 4. The van der Waals surface area contributed by atoms with Gasteiger partial charge in [0.15, 0.2) is 5.78 Å². The first-order valence-electron chi connectivity index (χ1n) is 8.63. The van der Waals surface area contributed by atoms with Gasteiger partial charge in [-0.05, 0) is 56.4 Å². The summed E-state index contributed by atoms with van der Waals surface area (Å²) < 4.78 is 0. The van der Waals surface area contributed by atoms with Crippen molar-refractivity contribution in [1.29, 1.82) is 0 Å². The van der Waals surface area contributed by atoms with Crippen LogP contribution in [-0.2, 0) is 9.59 Å². The smallest absolute Gasteiger partial charge is 0.162 e. The van der Waals surface area contributed by atoms with Gasteiger partial charge >= 0.3 is 0 Å². The molecule has 0 aliphatic heterocycles. The van der Waals surface area contributed by atoms with Gasteiger partial charge < -0.3 is 5.11 Å².